The van der Waals surface area contributed by atoms with Gasteiger partial charge in [0.25, 0.3) is 5.56 Å². The van der Waals surface area contributed by atoms with Gasteiger partial charge in [0, 0.05) is 5.56 Å². The molecular weight excluding hydrogens is 164 g/mol. The Morgan fingerprint density at radius 3 is 2.58 bits per heavy atom. The molecule has 0 spiro atoms. The third-order valence-corrected chi connectivity index (χ3v) is 1.48. The molecule has 0 aliphatic rings. The van der Waals surface area contributed by atoms with Crippen molar-refractivity contribution in [3.63, 3.8) is 0 Å². The van der Waals surface area contributed by atoms with Crippen molar-refractivity contribution in [3.8, 4) is 0 Å². The van der Waals surface area contributed by atoms with Crippen molar-refractivity contribution < 1.29 is 10.0 Å². The molecular formula is C6H6N2O4. The van der Waals surface area contributed by atoms with E-state index in [1.54, 1.807) is 0 Å². The molecule has 0 bridgehead atoms. The van der Waals surface area contributed by atoms with E-state index in [9.17, 15) is 14.4 Å². The standard InChI is InChI=1S/C6H6N2O4/c1-3-4(2-9)8(12)6(11)7-5(3)10/h2,12H,1H3,(H,7,10,11). The number of carbonyl (C=O) groups is 1. The highest BCUT2D eigenvalue weighted by Crippen LogP contribution is 1.91. The topological polar surface area (TPSA) is 92.2 Å². The fourth-order valence-electron chi connectivity index (χ4n) is 0.767. The summed E-state index contributed by atoms with van der Waals surface area (Å²) in [5.74, 6) is 0. The van der Waals surface area contributed by atoms with Crippen molar-refractivity contribution in [3.05, 3.63) is 32.1 Å². The summed E-state index contributed by atoms with van der Waals surface area (Å²) in [6.45, 7) is 1.33. The van der Waals surface area contributed by atoms with Gasteiger partial charge in [-0.15, -0.1) is 4.73 Å². The Morgan fingerprint density at radius 2 is 2.08 bits per heavy atom. The fourth-order valence-corrected chi connectivity index (χ4v) is 0.767. The van der Waals surface area contributed by atoms with Crippen LogP contribution in [0.5, 0.6) is 0 Å². The van der Waals surface area contributed by atoms with E-state index in [2.05, 4.69) is 0 Å². The number of aromatic amines is 1. The van der Waals surface area contributed by atoms with Crippen LogP contribution in [0.3, 0.4) is 0 Å². The molecule has 0 radical (unpaired) electrons. The molecule has 0 atom stereocenters. The molecule has 1 heterocycles. The summed E-state index contributed by atoms with van der Waals surface area (Å²) in [6, 6.07) is 0. The number of hydrogen-bond acceptors (Lipinski definition) is 4. The zero-order chi connectivity index (χ0) is 9.30. The van der Waals surface area contributed by atoms with Gasteiger partial charge in [0.1, 0.15) is 5.69 Å². The van der Waals surface area contributed by atoms with Crippen LogP contribution in [-0.2, 0) is 0 Å². The van der Waals surface area contributed by atoms with Crippen LogP contribution in [0, 0.1) is 6.92 Å². The third-order valence-electron chi connectivity index (χ3n) is 1.48. The molecule has 0 saturated carbocycles. The third kappa shape index (κ3) is 1.03. The largest absolute Gasteiger partial charge is 0.423 e. The zero-order valence-electron chi connectivity index (χ0n) is 6.20. The van der Waals surface area contributed by atoms with Crippen molar-refractivity contribution in [1.29, 1.82) is 0 Å². The summed E-state index contributed by atoms with van der Waals surface area (Å²) in [7, 11) is 0. The van der Waals surface area contributed by atoms with Gasteiger partial charge < -0.3 is 5.21 Å². The summed E-state index contributed by atoms with van der Waals surface area (Å²) in [6.07, 6.45) is 0.242. The van der Waals surface area contributed by atoms with E-state index in [1.807, 2.05) is 4.98 Å². The van der Waals surface area contributed by atoms with Crippen molar-refractivity contribution in [2.24, 2.45) is 0 Å². The van der Waals surface area contributed by atoms with Gasteiger partial charge in [-0.1, -0.05) is 0 Å². The van der Waals surface area contributed by atoms with Crippen LogP contribution in [-0.4, -0.2) is 21.2 Å². The summed E-state index contributed by atoms with van der Waals surface area (Å²) in [4.78, 5) is 33.6. The number of aromatic nitrogens is 2. The van der Waals surface area contributed by atoms with Crippen LogP contribution in [0.25, 0.3) is 0 Å². The van der Waals surface area contributed by atoms with Crippen LogP contribution in [0.15, 0.2) is 9.59 Å². The maximum absolute atomic E-state index is 10.8. The molecule has 0 fully saturated rings. The number of H-pyrrole nitrogens is 1. The highest BCUT2D eigenvalue weighted by atomic mass is 16.5. The zero-order valence-corrected chi connectivity index (χ0v) is 6.20. The van der Waals surface area contributed by atoms with Gasteiger partial charge in [0.05, 0.1) is 0 Å². The average Bonchev–Trinajstić information content (AvgIpc) is 2.02. The normalized spacial score (nSPS) is 9.75. The number of carbonyl (C=O) groups excluding carboxylic acids is 1. The van der Waals surface area contributed by atoms with E-state index in [-0.39, 0.29) is 22.3 Å². The van der Waals surface area contributed by atoms with Gasteiger partial charge in [-0.25, -0.2) is 4.79 Å². The first-order chi connectivity index (χ1) is 5.57. The summed E-state index contributed by atoms with van der Waals surface area (Å²) in [5.41, 5.74) is -2.02. The van der Waals surface area contributed by atoms with Gasteiger partial charge in [0.15, 0.2) is 6.29 Å². The minimum absolute atomic E-state index is 0.00657. The Balaban J connectivity index is 3.76. The molecule has 0 aliphatic carbocycles. The molecule has 6 nitrogen and oxygen atoms in total. The SMILES string of the molecule is Cc1c(C=O)n(O)c(=O)[nH]c1=O. The van der Waals surface area contributed by atoms with Crippen LogP contribution < -0.4 is 11.2 Å². The predicted octanol–water partition coefficient (Wildman–Crippen LogP) is -1.11. The quantitative estimate of drug-likeness (QED) is 0.413. The number of hydrogen-bond donors (Lipinski definition) is 2. The summed E-state index contributed by atoms with van der Waals surface area (Å²) < 4.78 is 0.101. The summed E-state index contributed by atoms with van der Waals surface area (Å²) >= 11 is 0. The minimum Gasteiger partial charge on any atom is -0.423 e. The van der Waals surface area contributed by atoms with Crippen LogP contribution in [0.1, 0.15) is 16.1 Å². The molecule has 2 N–H and O–H groups in total. The highest BCUT2D eigenvalue weighted by molar-refractivity contribution is 5.73. The lowest BCUT2D eigenvalue weighted by atomic mass is 10.3. The smallest absolute Gasteiger partial charge is 0.361 e. The van der Waals surface area contributed by atoms with E-state index < -0.39 is 11.2 Å². The first-order valence-electron chi connectivity index (χ1n) is 3.08. The van der Waals surface area contributed by atoms with E-state index in [0.717, 1.165) is 0 Å². The maximum Gasteiger partial charge on any atom is 0.361 e. The van der Waals surface area contributed by atoms with Gasteiger partial charge >= 0.3 is 5.69 Å². The Labute approximate surface area is 66.0 Å². The second kappa shape index (κ2) is 2.65. The van der Waals surface area contributed by atoms with E-state index in [0.29, 0.717) is 0 Å². The summed E-state index contributed by atoms with van der Waals surface area (Å²) in [5, 5.41) is 8.91. The molecule has 0 amide bonds. The first kappa shape index (κ1) is 8.25. The minimum atomic E-state index is -1.02. The van der Waals surface area contributed by atoms with Crippen molar-refractivity contribution >= 4 is 6.29 Å². The van der Waals surface area contributed by atoms with Crippen molar-refractivity contribution in [2.75, 3.05) is 0 Å². The van der Waals surface area contributed by atoms with Gasteiger partial charge in [-0.2, -0.15) is 0 Å². The number of aldehydes is 1. The average molecular weight is 170 g/mol. The Bertz CT molecular complexity index is 394. The number of nitrogens with zero attached hydrogens (tertiary/aromatic N) is 1. The lowest BCUT2D eigenvalue weighted by molar-refractivity contribution is 0.105. The molecule has 0 aliphatic heterocycles. The monoisotopic (exact) mass is 170 g/mol. The molecule has 12 heavy (non-hydrogen) atoms. The molecule has 1 rings (SSSR count). The molecule has 6 heteroatoms. The van der Waals surface area contributed by atoms with Crippen LogP contribution in [0.2, 0.25) is 0 Å². The van der Waals surface area contributed by atoms with Gasteiger partial charge in [-0.3, -0.25) is 14.6 Å². The predicted molar refractivity (Wildman–Crippen MR) is 38.6 cm³/mol. The van der Waals surface area contributed by atoms with Crippen molar-refractivity contribution in [1.82, 2.24) is 9.71 Å². The lowest BCUT2D eigenvalue weighted by Crippen LogP contribution is -2.33. The lowest BCUT2D eigenvalue weighted by Gasteiger charge is -2.00. The highest BCUT2D eigenvalue weighted by Gasteiger charge is 2.08. The second-order valence-electron chi connectivity index (χ2n) is 2.20. The van der Waals surface area contributed by atoms with Crippen molar-refractivity contribution in [2.45, 2.75) is 6.92 Å². The second-order valence-corrected chi connectivity index (χ2v) is 2.20. The Morgan fingerprint density at radius 1 is 1.50 bits per heavy atom. The van der Waals surface area contributed by atoms with Crippen LogP contribution >= 0.6 is 0 Å². The van der Waals surface area contributed by atoms with Gasteiger partial charge in [-0.05, 0) is 6.92 Å². The molecule has 0 unspecified atom stereocenters. The first-order valence-corrected chi connectivity index (χ1v) is 3.08. The molecule has 1 aromatic heterocycles. The fraction of sp³-hybridized carbons (Fsp3) is 0.167. The maximum atomic E-state index is 10.8. The Kier molecular flexibility index (Phi) is 1.82. The molecule has 64 valence electrons. The number of rotatable bonds is 1. The van der Waals surface area contributed by atoms with E-state index >= 15 is 0 Å². The van der Waals surface area contributed by atoms with E-state index in [4.69, 9.17) is 5.21 Å². The Hall–Kier alpha value is -1.85. The molecule has 0 aromatic carbocycles. The number of nitrogens with one attached hydrogen (secondary N) is 1. The molecule has 0 saturated heterocycles. The van der Waals surface area contributed by atoms with Crippen LogP contribution in [0.4, 0.5) is 0 Å². The van der Waals surface area contributed by atoms with E-state index in [1.165, 1.54) is 6.92 Å². The molecule has 1 aromatic rings. The van der Waals surface area contributed by atoms with Gasteiger partial charge in [0.2, 0.25) is 0 Å².